The van der Waals surface area contributed by atoms with Gasteiger partial charge >= 0.3 is 0 Å². The van der Waals surface area contributed by atoms with Crippen LogP contribution < -0.4 is 0 Å². The molecular weight excluding hydrogens is 188 g/mol. The molecule has 0 aromatic heterocycles. The minimum absolute atomic E-state index is 0.224. The molecular formula is C13H16O2. The lowest BCUT2D eigenvalue weighted by molar-refractivity contribution is 0.139. The molecule has 1 aliphatic carbocycles. The van der Waals surface area contributed by atoms with E-state index in [1.807, 2.05) is 13.0 Å². The number of aliphatic hydroxyl groups is 1. The molecule has 1 aromatic carbocycles. The second kappa shape index (κ2) is 3.70. The van der Waals surface area contributed by atoms with Crippen LogP contribution >= 0.6 is 0 Å². The van der Waals surface area contributed by atoms with Crippen molar-refractivity contribution in [1.82, 2.24) is 0 Å². The maximum atomic E-state index is 9.95. The second-order valence-corrected chi connectivity index (χ2v) is 4.38. The van der Waals surface area contributed by atoms with Gasteiger partial charge in [-0.1, -0.05) is 18.2 Å². The Kier molecular flexibility index (Phi) is 2.53. The van der Waals surface area contributed by atoms with E-state index in [-0.39, 0.29) is 5.75 Å². The van der Waals surface area contributed by atoms with Crippen LogP contribution in [-0.4, -0.2) is 10.2 Å². The van der Waals surface area contributed by atoms with Crippen LogP contribution in [0.4, 0.5) is 0 Å². The first-order valence-electron chi connectivity index (χ1n) is 5.23. The Morgan fingerprint density at radius 2 is 2.20 bits per heavy atom. The normalized spacial score (nSPS) is 24.7. The Morgan fingerprint density at radius 3 is 2.87 bits per heavy atom. The fourth-order valence-electron chi connectivity index (χ4n) is 2.20. The maximum absolute atomic E-state index is 9.95. The van der Waals surface area contributed by atoms with Crippen molar-refractivity contribution in [3.63, 3.8) is 0 Å². The topological polar surface area (TPSA) is 40.5 Å². The van der Waals surface area contributed by atoms with Crippen LogP contribution in [0.1, 0.15) is 30.6 Å². The van der Waals surface area contributed by atoms with E-state index in [2.05, 4.69) is 6.58 Å². The molecule has 2 atom stereocenters. The smallest absolute Gasteiger partial charge is 0.115 e. The summed E-state index contributed by atoms with van der Waals surface area (Å²) in [7, 11) is 0. The summed E-state index contributed by atoms with van der Waals surface area (Å²) >= 11 is 0. The third-order valence-electron chi connectivity index (χ3n) is 3.16. The number of aromatic hydroxyl groups is 1. The highest BCUT2D eigenvalue weighted by molar-refractivity contribution is 5.39. The zero-order valence-electron chi connectivity index (χ0n) is 8.90. The summed E-state index contributed by atoms with van der Waals surface area (Å²) < 4.78 is 0. The predicted molar refractivity (Wildman–Crippen MR) is 59.7 cm³/mol. The minimum Gasteiger partial charge on any atom is -0.508 e. The highest BCUT2D eigenvalue weighted by Gasteiger charge is 2.25. The molecule has 2 N–H and O–H groups in total. The van der Waals surface area contributed by atoms with Gasteiger partial charge in [-0.15, -0.1) is 0 Å². The molecule has 0 aliphatic heterocycles. The lowest BCUT2D eigenvalue weighted by Gasteiger charge is -2.29. The van der Waals surface area contributed by atoms with Gasteiger partial charge in [-0.2, -0.15) is 0 Å². The zero-order chi connectivity index (χ0) is 11.0. The van der Waals surface area contributed by atoms with Crippen LogP contribution in [-0.2, 0) is 6.42 Å². The first kappa shape index (κ1) is 10.2. The van der Waals surface area contributed by atoms with Crippen LogP contribution in [0.25, 0.3) is 0 Å². The molecule has 0 spiro atoms. The fourth-order valence-corrected chi connectivity index (χ4v) is 2.20. The average Bonchev–Trinajstić information content (AvgIpc) is 2.18. The van der Waals surface area contributed by atoms with Crippen LogP contribution in [0.15, 0.2) is 30.4 Å². The van der Waals surface area contributed by atoms with Crippen LogP contribution in [0.3, 0.4) is 0 Å². The van der Waals surface area contributed by atoms with Gasteiger partial charge in [0.2, 0.25) is 0 Å². The van der Waals surface area contributed by atoms with Crippen molar-refractivity contribution in [2.45, 2.75) is 25.9 Å². The molecule has 80 valence electrons. The van der Waals surface area contributed by atoms with Gasteiger partial charge in [0.25, 0.3) is 0 Å². The second-order valence-electron chi connectivity index (χ2n) is 4.38. The van der Waals surface area contributed by atoms with Gasteiger partial charge in [0, 0.05) is 0 Å². The van der Waals surface area contributed by atoms with Crippen molar-refractivity contribution in [3.05, 3.63) is 41.5 Å². The molecule has 1 aliphatic rings. The highest BCUT2D eigenvalue weighted by atomic mass is 16.3. The van der Waals surface area contributed by atoms with E-state index >= 15 is 0 Å². The van der Waals surface area contributed by atoms with Crippen LogP contribution in [0.2, 0.25) is 0 Å². The Hall–Kier alpha value is -1.28. The Bertz CT molecular complexity index is 396. The molecule has 0 radical (unpaired) electrons. The first-order valence-corrected chi connectivity index (χ1v) is 5.23. The molecule has 15 heavy (non-hydrogen) atoms. The number of hydrogen-bond donors (Lipinski definition) is 2. The van der Waals surface area contributed by atoms with Crippen molar-refractivity contribution >= 4 is 0 Å². The van der Waals surface area contributed by atoms with Gasteiger partial charge in [0.05, 0.1) is 6.10 Å². The van der Waals surface area contributed by atoms with Crippen molar-refractivity contribution in [2.24, 2.45) is 5.92 Å². The largest absolute Gasteiger partial charge is 0.508 e. The van der Waals surface area contributed by atoms with E-state index in [9.17, 15) is 10.2 Å². The fraction of sp³-hybridized carbons (Fsp3) is 0.385. The number of rotatable bonds is 1. The summed E-state index contributed by atoms with van der Waals surface area (Å²) in [6.07, 6.45) is 1.16. The quantitative estimate of drug-likeness (QED) is 0.690. The van der Waals surface area contributed by atoms with Crippen LogP contribution in [0, 0.1) is 5.92 Å². The predicted octanol–water partition coefficient (Wildman–Crippen LogP) is 2.56. The lowest BCUT2D eigenvalue weighted by Crippen LogP contribution is -2.19. The number of allylic oxidation sites excluding steroid dienone is 1. The van der Waals surface area contributed by atoms with E-state index in [4.69, 9.17) is 0 Å². The van der Waals surface area contributed by atoms with Gasteiger partial charge in [-0.05, 0) is 48.9 Å². The van der Waals surface area contributed by atoms with Crippen molar-refractivity contribution in [1.29, 1.82) is 0 Å². The van der Waals surface area contributed by atoms with Crippen molar-refractivity contribution in [2.75, 3.05) is 0 Å². The Balaban J connectivity index is 2.36. The van der Waals surface area contributed by atoms with Gasteiger partial charge in [0.15, 0.2) is 0 Å². The summed E-state index contributed by atoms with van der Waals surface area (Å²) in [4.78, 5) is 0. The molecule has 0 heterocycles. The van der Waals surface area contributed by atoms with E-state index in [0.29, 0.717) is 12.3 Å². The summed E-state index contributed by atoms with van der Waals surface area (Å²) in [5.74, 6) is 0.582. The number of benzene rings is 1. The minimum atomic E-state index is -0.470. The molecule has 0 saturated heterocycles. The zero-order valence-corrected chi connectivity index (χ0v) is 8.90. The van der Waals surface area contributed by atoms with Gasteiger partial charge in [-0.3, -0.25) is 0 Å². The number of hydrogen-bond acceptors (Lipinski definition) is 2. The van der Waals surface area contributed by atoms with E-state index in [1.165, 1.54) is 0 Å². The average molecular weight is 204 g/mol. The molecule has 2 nitrogen and oxygen atoms in total. The molecule has 0 amide bonds. The molecule has 0 unspecified atom stereocenters. The Morgan fingerprint density at radius 1 is 1.47 bits per heavy atom. The molecule has 0 fully saturated rings. The Labute approximate surface area is 89.9 Å². The third kappa shape index (κ3) is 1.90. The number of phenols is 1. The molecule has 2 rings (SSSR count). The maximum Gasteiger partial charge on any atom is 0.115 e. The lowest BCUT2D eigenvalue weighted by atomic mass is 9.79. The first-order chi connectivity index (χ1) is 7.08. The van der Waals surface area contributed by atoms with Gasteiger partial charge in [0.1, 0.15) is 5.75 Å². The summed E-state index contributed by atoms with van der Waals surface area (Å²) in [6, 6.07) is 5.23. The standard InChI is InChI=1S/C13H16O2/c1-8(2)10-5-9-3-4-11(14)7-12(9)13(15)6-10/h3-4,7,10,13-15H,1,5-6H2,2H3/t10-,13-/m0/s1. The number of phenolic OH excluding ortho intramolecular Hbond substituents is 1. The number of aliphatic hydroxyl groups excluding tert-OH is 1. The van der Waals surface area contributed by atoms with Crippen molar-refractivity contribution in [3.8, 4) is 5.75 Å². The summed E-state index contributed by atoms with van der Waals surface area (Å²) in [5, 5.41) is 19.3. The molecule has 0 bridgehead atoms. The van der Waals surface area contributed by atoms with E-state index in [0.717, 1.165) is 23.1 Å². The summed E-state index contributed by atoms with van der Waals surface area (Å²) in [6.45, 7) is 5.95. The van der Waals surface area contributed by atoms with E-state index < -0.39 is 6.10 Å². The van der Waals surface area contributed by atoms with Gasteiger partial charge < -0.3 is 10.2 Å². The molecule has 0 saturated carbocycles. The SMILES string of the molecule is C=C(C)[C@H]1Cc2ccc(O)cc2[C@@H](O)C1. The molecule has 1 aromatic rings. The molecule has 2 heteroatoms. The highest BCUT2D eigenvalue weighted by Crippen LogP contribution is 2.37. The third-order valence-corrected chi connectivity index (χ3v) is 3.16. The number of fused-ring (bicyclic) bond motifs is 1. The monoisotopic (exact) mass is 204 g/mol. The van der Waals surface area contributed by atoms with Gasteiger partial charge in [-0.25, -0.2) is 0 Å². The van der Waals surface area contributed by atoms with Crippen molar-refractivity contribution < 1.29 is 10.2 Å². The van der Waals surface area contributed by atoms with Crippen LogP contribution in [0.5, 0.6) is 5.75 Å². The summed E-state index contributed by atoms with van der Waals surface area (Å²) in [5.41, 5.74) is 3.11. The van der Waals surface area contributed by atoms with E-state index in [1.54, 1.807) is 12.1 Å².